The first-order chi connectivity index (χ1) is 8.58. The molecule has 5 heteroatoms. The largest absolute Gasteiger partial charge is 0.345 e. The van der Waals surface area contributed by atoms with E-state index in [0.29, 0.717) is 0 Å². The second-order valence-electron chi connectivity index (χ2n) is 5.36. The van der Waals surface area contributed by atoms with Crippen LogP contribution in [-0.4, -0.2) is 30.0 Å². The summed E-state index contributed by atoms with van der Waals surface area (Å²) in [6.07, 6.45) is 7.98. The van der Waals surface area contributed by atoms with E-state index in [1.165, 1.54) is 32.1 Å². The number of ether oxygens (including phenoxy) is 2. The molecule has 0 N–H and O–H groups in total. The van der Waals surface area contributed by atoms with Crippen LogP contribution in [0.25, 0.3) is 0 Å². The highest BCUT2D eigenvalue weighted by Gasteiger charge is 2.43. The Bertz CT molecular complexity index is 249. The van der Waals surface area contributed by atoms with Crippen molar-refractivity contribution in [2.75, 3.05) is 13.2 Å². The lowest BCUT2D eigenvalue weighted by Crippen LogP contribution is -2.50. The monoisotopic (exact) mass is 259 g/mol. The average molecular weight is 259 g/mol. The van der Waals surface area contributed by atoms with Crippen LogP contribution in [-0.2, 0) is 9.47 Å². The van der Waals surface area contributed by atoms with Crippen molar-refractivity contribution in [3.05, 3.63) is 10.1 Å². The van der Waals surface area contributed by atoms with Gasteiger partial charge in [-0.05, 0) is 12.8 Å². The smallest absolute Gasteiger partial charge is 0.265 e. The molecule has 0 aromatic carbocycles. The predicted octanol–water partition coefficient (Wildman–Crippen LogP) is 3.15. The second kappa shape index (κ2) is 7.69. The molecule has 0 saturated carbocycles. The lowest BCUT2D eigenvalue weighted by atomic mass is 10.1. The molecule has 0 atom stereocenters. The molecule has 0 aromatic heterocycles. The second-order valence-corrected chi connectivity index (χ2v) is 5.36. The van der Waals surface area contributed by atoms with Crippen molar-refractivity contribution in [3.8, 4) is 0 Å². The summed E-state index contributed by atoms with van der Waals surface area (Å²) in [5.74, 6) is 0. The van der Waals surface area contributed by atoms with Gasteiger partial charge in [-0.2, -0.15) is 0 Å². The van der Waals surface area contributed by atoms with Gasteiger partial charge in [0.2, 0.25) is 0 Å². The van der Waals surface area contributed by atoms with Crippen LogP contribution in [0.3, 0.4) is 0 Å². The standard InChI is InChI=1S/C13H25NO4/c1-3-4-5-6-7-8-9-12-17-10-13(2,11-18-12)14(15)16/h12H,3-11H2,1-2H3. The Labute approximate surface area is 109 Å². The van der Waals surface area contributed by atoms with Gasteiger partial charge in [-0.1, -0.05) is 39.0 Å². The van der Waals surface area contributed by atoms with Gasteiger partial charge < -0.3 is 9.47 Å². The minimum Gasteiger partial charge on any atom is -0.345 e. The van der Waals surface area contributed by atoms with Gasteiger partial charge >= 0.3 is 0 Å². The van der Waals surface area contributed by atoms with Gasteiger partial charge in [0, 0.05) is 11.8 Å². The number of hydrogen-bond donors (Lipinski definition) is 0. The first-order valence-corrected chi connectivity index (χ1v) is 6.96. The molecule has 1 fully saturated rings. The third-order valence-electron chi connectivity index (χ3n) is 3.39. The molecule has 106 valence electrons. The fourth-order valence-electron chi connectivity index (χ4n) is 2.00. The number of rotatable bonds is 8. The molecule has 1 aliphatic rings. The summed E-state index contributed by atoms with van der Waals surface area (Å²) in [5, 5.41) is 10.8. The molecule has 0 radical (unpaired) electrons. The number of unbranched alkanes of at least 4 members (excludes halogenated alkanes) is 5. The first kappa shape index (κ1) is 15.4. The zero-order valence-electron chi connectivity index (χ0n) is 11.5. The molecule has 1 heterocycles. The Hall–Kier alpha value is -0.680. The maximum atomic E-state index is 10.8. The molecule has 1 rings (SSSR count). The summed E-state index contributed by atoms with van der Waals surface area (Å²) in [6.45, 7) is 4.07. The van der Waals surface area contributed by atoms with E-state index in [4.69, 9.17) is 9.47 Å². The summed E-state index contributed by atoms with van der Waals surface area (Å²) in [4.78, 5) is 10.5. The van der Waals surface area contributed by atoms with Crippen molar-refractivity contribution < 1.29 is 14.4 Å². The molecule has 0 aliphatic carbocycles. The minimum absolute atomic E-state index is 0.153. The SMILES string of the molecule is CCCCCCCCC1OCC(C)([N+](=O)[O-])CO1. The van der Waals surface area contributed by atoms with Crippen molar-refractivity contribution in [3.63, 3.8) is 0 Å². The number of nitro groups is 1. The molecule has 0 spiro atoms. The van der Waals surface area contributed by atoms with Crippen LogP contribution in [0, 0.1) is 10.1 Å². The fraction of sp³-hybridized carbons (Fsp3) is 1.00. The van der Waals surface area contributed by atoms with Crippen molar-refractivity contribution in [1.29, 1.82) is 0 Å². The molecule has 0 aromatic rings. The normalized spacial score (nSPS) is 28.2. The van der Waals surface area contributed by atoms with Crippen LogP contribution in [0.4, 0.5) is 0 Å². The summed E-state index contributed by atoms with van der Waals surface area (Å²) in [7, 11) is 0. The Kier molecular flexibility index (Phi) is 6.57. The lowest BCUT2D eigenvalue weighted by molar-refractivity contribution is -0.586. The van der Waals surface area contributed by atoms with E-state index in [-0.39, 0.29) is 24.4 Å². The minimum atomic E-state index is -1.07. The van der Waals surface area contributed by atoms with Gasteiger partial charge in [0.05, 0.1) is 0 Å². The Morgan fingerprint density at radius 3 is 2.28 bits per heavy atom. The maximum absolute atomic E-state index is 10.8. The Morgan fingerprint density at radius 2 is 1.72 bits per heavy atom. The van der Waals surface area contributed by atoms with Crippen LogP contribution in [0.2, 0.25) is 0 Å². The summed E-state index contributed by atoms with van der Waals surface area (Å²) < 4.78 is 10.8. The van der Waals surface area contributed by atoms with Crippen molar-refractivity contribution in [2.24, 2.45) is 0 Å². The van der Waals surface area contributed by atoms with E-state index < -0.39 is 5.54 Å². The van der Waals surface area contributed by atoms with E-state index in [1.54, 1.807) is 6.92 Å². The third-order valence-corrected chi connectivity index (χ3v) is 3.39. The van der Waals surface area contributed by atoms with Crippen molar-refractivity contribution in [2.45, 2.75) is 70.6 Å². The molecule has 1 aliphatic heterocycles. The van der Waals surface area contributed by atoms with Crippen molar-refractivity contribution >= 4 is 0 Å². The molecular weight excluding hydrogens is 234 g/mol. The van der Waals surface area contributed by atoms with Gasteiger partial charge in [-0.3, -0.25) is 10.1 Å². The van der Waals surface area contributed by atoms with Gasteiger partial charge in [-0.15, -0.1) is 0 Å². The molecule has 1 saturated heterocycles. The highest BCUT2D eigenvalue weighted by atomic mass is 16.7. The third kappa shape index (κ3) is 4.90. The average Bonchev–Trinajstić information content (AvgIpc) is 2.36. The van der Waals surface area contributed by atoms with Crippen molar-refractivity contribution in [1.82, 2.24) is 0 Å². The van der Waals surface area contributed by atoms with Gasteiger partial charge in [-0.25, -0.2) is 0 Å². The molecular formula is C13H25NO4. The highest BCUT2D eigenvalue weighted by Crippen LogP contribution is 2.21. The van der Waals surface area contributed by atoms with Crippen LogP contribution in [0.5, 0.6) is 0 Å². The van der Waals surface area contributed by atoms with Crippen LogP contribution < -0.4 is 0 Å². The predicted molar refractivity (Wildman–Crippen MR) is 69.1 cm³/mol. The van der Waals surface area contributed by atoms with Crippen LogP contribution in [0.1, 0.15) is 58.8 Å². The summed E-state index contributed by atoms with van der Waals surface area (Å²) >= 11 is 0. The first-order valence-electron chi connectivity index (χ1n) is 6.96. The molecule has 5 nitrogen and oxygen atoms in total. The molecule has 0 bridgehead atoms. The van der Waals surface area contributed by atoms with E-state index >= 15 is 0 Å². The van der Waals surface area contributed by atoms with Crippen LogP contribution in [0.15, 0.2) is 0 Å². The highest BCUT2D eigenvalue weighted by molar-refractivity contribution is 4.76. The van der Waals surface area contributed by atoms with E-state index in [1.807, 2.05) is 0 Å². The van der Waals surface area contributed by atoms with E-state index in [0.717, 1.165) is 12.8 Å². The number of hydrogen-bond acceptors (Lipinski definition) is 4. The topological polar surface area (TPSA) is 61.6 Å². The maximum Gasteiger partial charge on any atom is 0.265 e. The Balaban J connectivity index is 2.07. The zero-order chi connectivity index (χ0) is 13.4. The van der Waals surface area contributed by atoms with Crippen LogP contribution >= 0.6 is 0 Å². The van der Waals surface area contributed by atoms with E-state index in [2.05, 4.69) is 6.92 Å². The van der Waals surface area contributed by atoms with Gasteiger partial charge in [0.25, 0.3) is 5.54 Å². The van der Waals surface area contributed by atoms with Gasteiger partial charge in [0.1, 0.15) is 13.2 Å². The quantitative estimate of drug-likeness (QED) is 0.381. The summed E-state index contributed by atoms with van der Waals surface area (Å²) in [5.41, 5.74) is -1.07. The number of nitrogens with zero attached hydrogens (tertiary/aromatic N) is 1. The fourth-order valence-corrected chi connectivity index (χ4v) is 2.00. The molecule has 0 amide bonds. The molecule has 0 unspecified atom stereocenters. The lowest BCUT2D eigenvalue weighted by Gasteiger charge is -2.31. The van der Waals surface area contributed by atoms with Gasteiger partial charge in [0.15, 0.2) is 6.29 Å². The Morgan fingerprint density at radius 1 is 1.17 bits per heavy atom. The summed E-state index contributed by atoms with van der Waals surface area (Å²) in [6, 6.07) is 0. The molecule has 18 heavy (non-hydrogen) atoms. The van der Waals surface area contributed by atoms with E-state index in [9.17, 15) is 10.1 Å². The zero-order valence-corrected chi connectivity index (χ0v) is 11.5.